The highest BCUT2D eigenvalue weighted by atomic mass is 32.1. The van der Waals surface area contributed by atoms with Crippen molar-refractivity contribution in [2.24, 2.45) is 0 Å². The molecule has 0 radical (unpaired) electrons. The van der Waals surface area contributed by atoms with Crippen molar-refractivity contribution >= 4 is 59.0 Å². The summed E-state index contributed by atoms with van der Waals surface area (Å²) in [6.45, 7) is 3.75. The van der Waals surface area contributed by atoms with E-state index in [0.717, 1.165) is 15.6 Å². The molecule has 0 atom stereocenters. The summed E-state index contributed by atoms with van der Waals surface area (Å²) < 4.78 is 2.41. The molecule has 2 nitrogen and oxygen atoms in total. The van der Waals surface area contributed by atoms with Gasteiger partial charge in [0.15, 0.2) is 0 Å². The van der Waals surface area contributed by atoms with Crippen LogP contribution in [0, 0.1) is 0 Å². The van der Waals surface area contributed by atoms with Crippen LogP contribution in [0.4, 0.5) is 0 Å². The van der Waals surface area contributed by atoms with Crippen LogP contribution in [0.15, 0.2) is 78.9 Å². The van der Waals surface area contributed by atoms with Gasteiger partial charge in [-0.15, -0.1) is 11.3 Å². The van der Waals surface area contributed by atoms with Crippen LogP contribution < -0.4 is 0 Å². The molecule has 5 rings (SSSR count). The van der Waals surface area contributed by atoms with E-state index in [2.05, 4.69) is 67.2 Å². The van der Waals surface area contributed by atoms with Gasteiger partial charge in [-0.25, -0.2) is 4.79 Å². The molecule has 27 heavy (non-hydrogen) atoms. The number of hydrogen-bond acceptors (Lipinski definition) is 2. The molecule has 1 aromatic heterocycles. The fourth-order valence-corrected chi connectivity index (χ4v) is 5.22. The average molecular weight is 368 g/mol. The highest BCUT2D eigenvalue weighted by Crippen LogP contribution is 2.43. The molecule has 0 saturated carbocycles. The Morgan fingerprint density at radius 3 is 2.33 bits per heavy atom. The van der Waals surface area contributed by atoms with Gasteiger partial charge in [-0.2, -0.15) is 0 Å². The fourth-order valence-electron chi connectivity index (χ4n) is 3.86. The van der Waals surface area contributed by atoms with Gasteiger partial charge < -0.3 is 5.11 Å². The summed E-state index contributed by atoms with van der Waals surface area (Å²) in [4.78, 5) is 11.4. The third-order valence-corrected chi connectivity index (χ3v) is 6.45. The van der Waals surface area contributed by atoms with Gasteiger partial charge in [0.25, 0.3) is 0 Å². The van der Waals surface area contributed by atoms with Crippen molar-refractivity contribution < 1.29 is 9.90 Å². The molecule has 0 spiro atoms. The number of carbonyl (C=O) groups is 1. The Morgan fingerprint density at radius 2 is 1.56 bits per heavy atom. The molecule has 0 unspecified atom stereocenters. The molecule has 130 valence electrons. The van der Waals surface area contributed by atoms with E-state index in [-0.39, 0.29) is 5.57 Å². The van der Waals surface area contributed by atoms with E-state index in [1.807, 2.05) is 6.07 Å². The average Bonchev–Trinajstić information content (AvgIpc) is 3.08. The minimum atomic E-state index is -0.942. The zero-order valence-corrected chi connectivity index (χ0v) is 15.3. The summed E-state index contributed by atoms with van der Waals surface area (Å²) in [5.41, 5.74) is 1.25. The van der Waals surface area contributed by atoms with Crippen molar-refractivity contribution in [3.05, 3.63) is 84.4 Å². The maximum absolute atomic E-state index is 11.4. The second-order valence-electron chi connectivity index (χ2n) is 6.81. The standard InChI is InChI=1S/C24H16O2S/c1-14(24(25)26)12-17-13-16-7-3-4-8-18(16)21-20-11-10-15-6-2-5-9-19(15)23(20)27-22(17)21/h2-11,13H,1,12H2,(H,25,26). The number of aliphatic carboxylic acids is 1. The molecule has 0 fully saturated rings. The molecule has 1 heterocycles. The van der Waals surface area contributed by atoms with Crippen LogP contribution in [0.1, 0.15) is 5.56 Å². The van der Waals surface area contributed by atoms with E-state index < -0.39 is 5.97 Å². The number of thiophene rings is 1. The van der Waals surface area contributed by atoms with E-state index in [0.29, 0.717) is 6.42 Å². The minimum absolute atomic E-state index is 0.217. The Labute approximate surface area is 160 Å². The van der Waals surface area contributed by atoms with Gasteiger partial charge in [0, 0.05) is 32.2 Å². The fraction of sp³-hybridized carbons (Fsp3) is 0.0417. The Morgan fingerprint density at radius 1 is 0.852 bits per heavy atom. The molecule has 0 amide bonds. The van der Waals surface area contributed by atoms with Crippen molar-refractivity contribution in [1.82, 2.24) is 0 Å². The number of hydrogen-bond donors (Lipinski definition) is 1. The molecular formula is C24H16O2S. The minimum Gasteiger partial charge on any atom is -0.478 e. The van der Waals surface area contributed by atoms with Gasteiger partial charge in [-0.3, -0.25) is 0 Å². The van der Waals surface area contributed by atoms with Crippen LogP contribution in [0.3, 0.4) is 0 Å². The third kappa shape index (κ3) is 2.43. The first kappa shape index (κ1) is 16.0. The number of carboxylic acids is 1. The Balaban J connectivity index is 1.96. The Hall–Kier alpha value is -3.17. The topological polar surface area (TPSA) is 37.3 Å². The molecule has 0 saturated heterocycles. The first-order valence-electron chi connectivity index (χ1n) is 8.79. The highest BCUT2D eigenvalue weighted by molar-refractivity contribution is 7.27. The van der Waals surface area contributed by atoms with E-state index in [1.54, 1.807) is 11.3 Å². The summed E-state index contributed by atoms with van der Waals surface area (Å²) >= 11 is 1.75. The molecule has 3 heteroatoms. The monoisotopic (exact) mass is 368 g/mol. The number of fused-ring (bicyclic) bond motifs is 7. The Kier molecular flexibility index (Phi) is 3.52. The maximum atomic E-state index is 11.4. The molecule has 0 aliphatic heterocycles. The second-order valence-corrected chi connectivity index (χ2v) is 7.83. The number of carboxylic acid groups (broad SMARTS) is 1. The molecule has 5 aromatic rings. The molecule has 0 bridgehead atoms. The summed E-state index contributed by atoms with van der Waals surface area (Å²) in [5, 5.41) is 16.6. The predicted molar refractivity (Wildman–Crippen MR) is 115 cm³/mol. The van der Waals surface area contributed by atoms with Gasteiger partial charge in [-0.05, 0) is 33.2 Å². The van der Waals surface area contributed by atoms with Gasteiger partial charge in [0.2, 0.25) is 0 Å². The first-order chi connectivity index (χ1) is 13.1. The van der Waals surface area contributed by atoms with Crippen molar-refractivity contribution in [3.63, 3.8) is 0 Å². The smallest absolute Gasteiger partial charge is 0.331 e. The Bertz CT molecular complexity index is 1390. The van der Waals surface area contributed by atoms with E-state index in [1.165, 1.54) is 31.6 Å². The lowest BCUT2D eigenvalue weighted by molar-refractivity contribution is -0.132. The zero-order valence-electron chi connectivity index (χ0n) is 14.5. The normalized spacial score (nSPS) is 11.6. The van der Waals surface area contributed by atoms with E-state index in [9.17, 15) is 9.90 Å². The van der Waals surface area contributed by atoms with Crippen LogP contribution in [0.2, 0.25) is 0 Å². The molecule has 0 aliphatic carbocycles. The van der Waals surface area contributed by atoms with Crippen LogP contribution >= 0.6 is 11.3 Å². The molecule has 1 N–H and O–H groups in total. The zero-order chi connectivity index (χ0) is 18.5. The maximum Gasteiger partial charge on any atom is 0.331 e. The van der Waals surface area contributed by atoms with Gasteiger partial charge in [0.05, 0.1) is 0 Å². The lowest BCUT2D eigenvalue weighted by atomic mass is 9.96. The van der Waals surface area contributed by atoms with Crippen LogP contribution in [-0.4, -0.2) is 11.1 Å². The number of rotatable bonds is 3. The van der Waals surface area contributed by atoms with Crippen molar-refractivity contribution in [2.45, 2.75) is 6.42 Å². The molecular weight excluding hydrogens is 352 g/mol. The lowest BCUT2D eigenvalue weighted by Gasteiger charge is -2.07. The largest absolute Gasteiger partial charge is 0.478 e. The summed E-state index contributed by atoms with van der Waals surface area (Å²) in [6.07, 6.45) is 0.349. The van der Waals surface area contributed by atoms with Gasteiger partial charge in [-0.1, -0.05) is 67.2 Å². The molecule has 4 aromatic carbocycles. The van der Waals surface area contributed by atoms with Crippen molar-refractivity contribution in [2.75, 3.05) is 0 Å². The highest BCUT2D eigenvalue weighted by Gasteiger charge is 2.16. The lowest BCUT2D eigenvalue weighted by Crippen LogP contribution is -2.02. The summed E-state index contributed by atoms with van der Waals surface area (Å²) in [5.74, 6) is -0.942. The van der Waals surface area contributed by atoms with Gasteiger partial charge in [0.1, 0.15) is 0 Å². The summed E-state index contributed by atoms with van der Waals surface area (Å²) in [7, 11) is 0. The van der Waals surface area contributed by atoms with Crippen LogP contribution in [0.25, 0.3) is 41.7 Å². The SMILES string of the molecule is C=C(Cc1cc2ccccc2c2c1sc1c3ccccc3ccc12)C(=O)O. The quantitative estimate of drug-likeness (QED) is 0.367. The van der Waals surface area contributed by atoms with Crippen molar-refractivity contribution in [3.8, 4) is 0 Å². The third-order valence-electron chi connectivity index (χ3n) is 5.14. The number of benzene rings is 4. The van der Waals surface area contributed by atoms with Crippen LogP contribution in [-0.2, 0) is 11.2 Å². The van der Waals surface area contributed by atoms with Crippen molar-refractivity contribution in [1.29, 1.82) is 0 Å². The summed E-state index contributed by atoms with van der Waals surface area (Å²) in [6, 6.07) is 23.2. The van der Waals surface area contributed by atoms with Crippen LogP contribution in [0.5, 0.6) is 0 Å². The van der Waals surface area contributed by atoms with Gasteiger partial charge >= 0.3 is 5.97 Å². The molecule has 0 aliphatic rings. The van der Waals surface area contributed by atoms with E-state index in [4.69, 9.17) is 0 Å². The first-order valence-corrected chi connectivity index (χ1v) is 9.61. The predicted octanol–water partition coefficient (Wildman–Crippen LogP) is 6.54. The second kappa shape index (κ2) is 5.93. The van der Waals surface area contributed by atoms with E-state index >= 15 is 0 Å².